The van der Waals surface area contributed by atoms with Crippen LogP contribution < -0.4 is 16.2 Å². The number of piperazine rings is 1. The molecule has 1 aromatic carbocycles. The average molecular weight is 288 g/mol. The van der Waals surface area contributed by atoms with Crippen LogP contribution in [0, 0.1) is 0 Å². The predicted octanol–water partition coefficient (Wildman–Crippen LogP) is 1.35. The molecule has 1 amide bonds. The predicted molar refractivity (Wildman–Crippen MR) is 84.1 cm³/mol. The molecule has 1 aliphatic carbocycles. The number of nitrogens with zero attached hydrogens (tertiary/aromatic N) is 2. The van der Waals surface area contributed by atoms with Crippen molar-refractivity contribution in [3.8, 4) is 0 Å². The van der Waals surface area contributed by atoms with E-state index < -0.39 is 0 Å². The van der Waals surface area contributed by atoms with E-state index in [4.69, 9.17) is 5.84 Å². The molecular formula is C16H24N4O. The number of carbonyl (C=O) groups excluding carboxylic acids is 1. The third kappa shape index (κ3) is 3.19. The fourth-order valence-corrected chi connectivity index (χ4v) is 3.52. The number of nitrogens with one attached hydrogen (secondary N) is 1. The Labute approximate surface area is 126 Å². The summed E-state index contributed by atoms with van der Waals surface area (Å²) in [5, 5.41) is 0. The van der Waals surface area contributed by atoms with Gasteiger partial charge < -0.3 is 4.90 Å². The molecule has 0 atom stereocenters. The summed E-state index contributed by atoms with van der Waals surface area (Å²) in [6.07, 6.45) is 5.55. The Morgan fingerprint density at radius 3 is 2.24 bits per heavy atom. The molecule has 0 unspecified atom stereocenters. The molecule has 3 N–H and O–H groups in total. The van der Waals surface area contributed by atoms with Crippen molar-refractivity contribution in [2.45, 2.75) is 31.7 Å². The van der Waals surface area contributed by atoms with Crippen molar-refractivity contribution >= 4 is 11.6 Å². The Morgan fingerprint density at radius 2 is 1.67 bits per heavy atom. The molecule has 0 aromatic heterocycles. The Morgan fingerprint density at radius 1 is 1.05 bits per heavy atom. The second-order valence-electron chi connectivity index (χ2n) is 5.98. The van der Waals surface area contributed by atoms with E-state index in [0.717, 1.165) is 32.2 Å². The number of anilines is 1. The molecule has 0 spiro atoms. The van der Waals surface area contributed by atoms with Gasteiger partial charge in [-0.25, -0.2) is 5.84 Å². The van der Waals surface area contributed by atoms with Crippen molar-refractivity contribution in [2.75, 3.05) is 31.1 Å². The number of nitrogens with two attached hydrogens (primary N) is 1. The van der Waals surface area contributed by atoms with Crippen LogP contribution in [0.3, 0.4) is 0 Å². The van der Waals surface area contributed by atoms with Crippen molar-refractivity contribution in [1.29, 1.82) is 0 Å². The third-order valence-corrected chi connectivity index (χ3v) is 4.78. The van der Waals surface area contributed by atoms with E-state index in [0.29, 0.717) is 5.56 Å². The maximum absolute atomic E-state index is 11.4. The number of nitrogen functional groups attached to an aromatic ring is 1. The van der Waals surface area contributed by atoms with Gasteiger partial charge in [0.25, 0.3) is 5.91 Å². The van der Waals surface area contributed by atoms with Gasteiger partial charge in [-0.05, 0) is 37.1 Å². The van der Waals surface area contributed by atoms with Crippen molar-refractivity contribution in [3.05, 3.63) is 29.8 Å². The van der Waals surface area contributed by atoms with Crippen LogP contribution in [-0.4, -0.2) is 43.0 Å². The summed E-state index contributed by atoms with van der Waals surface area (Å²) in [5.41, 5.74) is 3.95. The molecule has 5 heteroatoms. The van der Waals surface area contributed by atoms with Gasteiger partial charge in [0.1, 0.15) is 0 Å². The lowest BCUT2D eigenvalue weighted by atomic mass is 10.1. The number of benzene rings is 1. The standard InChI is InChI=1S/C16H24N4O/c17-18-16(21)13-5-7-15(8-6-13)20-11-9-19(10-12-20)14-3-1-2-4-14/h5-8,14H,1-4,9-12,17H2,(H,18,21). The van der Waals surface area contributed by atoms with Crippen LogP contribution in [0.4, 0.5) is 5.69 Å². The van der Waals surface area contributed by atoms with E-state index in [1.54, 1.807) is 0 Å². The maximum Gasteiger partial charge on any atom is 0.265 e. The topological polar surface area (TPSA) is 61.6 Å². The number of hydrogen-bond donors (Lipinski definition) is 2. The van der Waals surface area contributed by atoms with E-state index in [9.17, 15) is 4.79 Å². The molecule has 5 nitrogen and oxygen atoms in total. The number of hydrazine groups is 1. The van der Waals surface area contributed by atoms with E-state index >= 15 is 0 Å². The first-order valence-corrected chi connectivity index (χ1v) is 7.88. The summed E-state index contributed by atoms with van der Waals surface area (Å²) in [7, 11) is 0. The molecule has 1 aliphatic heterocycles. The Hall–Kier alpha value is -1.59. The zero-order valence-electron chi connectivity index (χ0n) is 12.4. The molecule has 0 radical (unpaired) electrons. The van der Waals surface area contributed by atoms with Crippen molar-refractivity contribution in [3.63, 3.8) is 0 Å². The molecule has 1 saturated carbocycles. The fraction of sp³-hybridized carbons (Fsp3) is 0.562. The highest BCUT2D eigenvalue weighted by molar-refractivity contribution is 5.94. The molecule has 2 aliphatic rings. The van der Waals surface area contributed by atoms with Gasteiger partial charge in [0.05, 0.1) is 0 Å². The summed E-state index contributed by atoms with van der Waals surface area (Å²) in [5.74, 6) is 4.90. The van der Waals surface area contributed by atoms with Crippen LogP contribution in [0.15, 0.2) is 24.3 Å². The molecular weight excluding hydrogens is 264 g/mol. The summed E-state index contributed by atoms with van der Waals surface area (Å²) in [6.45, 7) is 4.43. The zero-order valence-corrected chi connectivity index (χ0v) is 12.4. The van der Waals surface area contributed by atoms with Gasteiger partial charge in [-0.1, -0.05) is 12.8 Å². The Balaban J connectivity index is 1.57. The highest BCUT2D eigenvalue weighted by atomic mass is 16.2. The molecule has 1 saturated heterocycles. The minimum atomic E-state index is -0.243. The van der Waals surface area contributed by atoms with Crippen LogP contribution in [0.2, 0.25) is 0 Å². The van der Waals surface area contributed by atoms with Gasteiger partial charge in [-0.2, -0.15) is 0 Å². The molecule has 0 bridgehead atoms. The van der Waals surface area contributed by atoms with Gasteiger partial charge in [0, 0.05) is 43.5 Å². The number of carbonyl (C=O) groups is 1. The number of rotatable bonds is 3. The van der Waals surface area contributed by atoms with Crippen LogP contribution >= 0.6 is 0 Å². The lowest BCUT2D eigenvalue weighted by Crippen LogP contribution is -2.49. The molecule has 1 aromatic rings. The molecule has 2 fully saturated rings. The number of amides is 1. The van der Waals surface area contributed by atoms with Gasteiger partial charge in [0.2, 0.25) is 0 Å². The van der Waals surface area contributed by atoms with Gasteiger partial charge >= 0.3 is 0 Å². The quantitative estimate of drug-likeness (QED) is 0.501. The third-order valence-electron chi connectivity index (χ3n) is 4.78. The summed E-state index contributed by atoms with van der Waals surface area (Å²) in [4.78, 5) is 16.5. The molecule has 21 heavy (non-hydrogen) atoms. The summed E-state index contributed by atoms with van der Waals surface area (Å²) >= 11 is 0. The monoisotopic (exact) mass is 288 g/mol. The Bertz CT molecular complexity index is 474. The first-order valence-electron chi connectivity index (χ1n) is 7.88. The second kappa shape index (κ2) is 6.45. The SMILES string of the molecule is NNC(=O)c1ccc(N2CCN(C3CCCC3)CC2)cc1. The van der Waals surface area contributed by atoms with Gasteiger partial charge in [-0.3, -0.25) is 15.1 Å². The summed E-state index contributed by atoms with van der Waals surface area (Å²) in [6, 6.07) is 8.51. The van der Waals surface area contributed by atoms with Crippen molar-refractivity contribution in [2.24, 2.45) is 5.84 Å². The fourth-order valence-electron chi connectivity index (χ4n) is 3.52. The normalized spacial score (nSPS) is 20.7. The smallest absolute Gasteiger partial charge is 0.265 e. The number of hydrogen-bond acceptors (Lipinski definition) is 4. The Kier molecular flexibility index (Phi) is 4.41. The highest BCUT2D eigenvalue weighted by Crippen LogP contribution is 2.25. The first-order chi connectivity index (χ1) is 10.3. The van der Waals surface area contributed by atoms with E-state index in [1.807, 2.05) is 24.3 Å². The highest BCUT2D eigenvalue weighted by Gasteiger charge is 2.26. The average Bonchev–Trinajstić information content (AvgIpc) is 3.09. The minimum Gasteiger partial charge on any atom is -0.369 e. The van der Waals surface area contributed by atoms with E-state index in [-0.39, 0.29) is 5.91 Å². The summed E-state index contributed by atoms with van der Waals surface area (Å²) < 4.78 is 0. The van der Waals surface area contributed by atoms with Crippen LogP contribution in [-0.2, 0) is 0 Å². The lowest BCUT2D eigenvalue weighted by molar-refractivity contribution is 0.0953. The maximum atomic E-state index is 11.4. The van der Waals surface area contributed by atoms with E-state index in [1.165, 1.54) is 31.4 Å². The molecule has 3 rings (SSSR count). The van der Waals surface area contributed by atoms with Crippen molar-refractivity contribution < 1.29 is 4.79 Å². The van der Waals surface area contributed by atoms with Gasteiger partial charge in [-0.15, -0.1) is 0 Å². The van der Waals surface area contributed by atoms with Crippen molar-refractivity contribution in [1.82, 2.24) is 10.3 Å². The van der Waals surface area contributed by atoms with Crippen LogP contribution in [0.25, 0.3) is 0 Å². The second-order valence-corrected chi connectivity index (χ2v) is 5.98. The first kappa shape index (κ1) is 14.4. The van der Waals surface area contributed by atoms with E-state index in [2.05, 4.69) is 15.2 Å². The van der Waals surface area contributed by atoms with Gasteiger partial charge in [0.15, 0.2) is 0 Å². The minimum absolute atomic E-state index is 0.243. The molecule has 1 heterocycles. The van der Waals surface area contributed by atoms with Crippen LogP contribution in [0.5, 0.6) is 0 Å². The lowest BCUT2D eigenvalue weighted by Gasteiger charge is -2.39. The zero-order chi connectivity index (χ0) is 14.7. The van der Waals surface area contributed by atoms with Crippen LogP contribution in [0.1, 0.15) is 36.0 Å². The largest absolute Gasteiger partial charge is 0.369 e. The molecule has 114 valence electrons.